The van der Waals surface area contributed by atoms with Gasteiger partial charge in [-0.1, -0.05) is 18.1 Å². The predicted molar refractivity (Wildman–Crippen MR) is 82.6 cm³/mol. The number of nitrogens with zero attached hydrogens (tertiary/aromatic N) is 4. The second-order valence-electron chi connectivity index (χ2n) is 5.77. The standard InChI is InChI=1S/C16H19F3N4O/c1-2-14-20-15(24-21-14)11-22-6-8-23(9-7-22)13-5-3-4-12(10-13)16(17,18)19/h3-5,10H,2,6-9,11H2,1H3. The predicted octanol–water partition coefficient (Wildman–Crippen LogP) is 2.97. The van der Waals surface area contributed by atoms with Crippen molar-refractivity contribution in [2.75, 3.05) is 31.1 Å². The third kappa shape index (κ3) is 3.87. The van der Waals surface area contributed by atoms with Gasteiger partial charge in [0, 0.05) is 38.3 Å². The number of hydrogen-bond acceptors (Lipinski definition) is 5. The van der Waals surface area contributed by atoms with Crippen LogP contribution in [0.4, 0.5) is 18.9 Å². The van der Waals surface area contributed by atoms with E-state index in [9.17, 15) is 13.2 Å². The lowest BCUT2D eigenvalue weighted by Gasteiger charge is -2.35. The number of aryl methyl sites for hydroxylation is 1. The van der Waals surface area contributed by atoms with Gasteiger partial charge < -0.3 is 9.42 Å². The minimum Gasteiger partial charge on any atom is -0.369 e. The van der Waals surface area contributed by atoms with Crippen LogP contribution in [0.25, 0.3) is 0 Å². The van der Waals surface area contributed by atoms with Gasteiger partial charge >= 0.3 is 6.18 Å². The molecule has 2 aromatic rings. The fourth-order valence-electron chi connectivity index (χ4n) is 2.73. The summed E-state index contributed by atoms with van der Waals surface area (Å²) in [5.41, 5.74) is -0.00378. The summed E-state index contributed by atoms with van der Waals surface area (Å²) >= 11 is 0. The summed E-state index contributed by atoms with van der Waals surface area (Å²) in [7, 11) is 0. The maximum Gasteiger partial charge on any atom is 0.416 e. The van der Waals surface area contributed by atoms with Crippen molar-refractivity contribution in [1.82, 2.24) is 15.0 Å². The minimum absolute atomic E-state index is 0.573. The molecule has 1 saturated heterocycles. The first-order chi connectivity index (χ1) is 11.5. The summed E-state index contributed by atoms with van der Waals surface area (Å²) in [5, 5.41) is 3.87. The number of hydrogen-bond donors (Lipinski definition) is 0. The van der Waals surface area contributed by atoms with E-state index in [0.29, 0.717) is 37.0 Å². The molecule has 0 N–H and O–H groups in total. The van der Waals surface area contributed by atoms with Crippen LogP contribution in [0.15, 0.2) is 28.8 Å². The van der Waals surface area contributed by atoms with E-state index in [1.807, 2.05) is 11.8 Å². The van der Waals surface area contributed by atoms with E-state index >= 15 is 0 Å². The molecule has 1 aromatic heterocycles. The molecule has 1 aromatic carbocycles. The van der Waals surface area contributed by atoms with E-state index in [0.717, 1.165) is 25.6 Å². The van der Waals surface area contributed by atoms with Crippen LogP contribution in [0.5, 0.6) is 0 Å². The zero-order valence-corrected chi connectivity index (χ0v) is 13.4. The SMILES string of the molecule is CCc1noc(CN2CCN(c3cccc(C(F)(F)F)c3)CC2)n1. The van der Waals surface area contributed by atoms with Crippen LogP contribution in [-0.4, -0.2) is 41.2 Å². The van der Waals surface area contributed by atoms with Gasteiger partial charge in [-0.05, 0) is 18.2 Å². The van der Waals surface area contributed by atoms with Crippen molar-refractivity contribution in [2.24, 2.45) is 0 Å². The molecule has 0 saturated carbocycles. The molecule has 130 valence electrons. The third-order valence-electron chi connectivity index (χ3n) is 4.10. The van der Waals surface area contributed by atoms with Gasteiger partial charge in [-0.3, -0.25) is 4.90 Å². The molecule has 8 heteroatoms. The van der Waals surface area contributed by atoms with Crippen molar-refractivity contribution in [2.45, 2.75) is 26.1 Å². The Morgan fingerprint density at radius 2 is 1.92 bits per heavy atom. The molecule has 1 aliphatic rings. The molecular weight excluding hydrogens is 321 g/mol. The van der Waals surface area contributed by atoms with Crippen molar-refractivity contribution in [3.8, 4) is 0 Å². The Bertz CT molecular complexity index is 678. The van der Waals surface area contributed by atoms with Crippen LogP contribution in [0.3, 0.4) is 0 Å². The van der Waals surface area contributed by atoms with E-state index in [4.69, 9.17) is 4.52 Å². The highest BCUT2D eigenvalue weighted by atomic mass is 19.4. The third-order valence-corrected chi connectivity index (χ3v) is 4.10. The first-order valence-electron chi connectivity index (χ1n) is 7.91. The smallest absolute Gasteiger partial charge is 0.369 e. The summed E-state index contributed by atoms with van der Waals surface area (Å²) < 4.78 is 43.6. The maximum atomic E-state index is 12.8. The topological polar surface area (TPSA) is 45.4 Å². The highest BCUT2D eigenvalue weighted by molar-refractivity contribution is 5.49. The van der Waals surface area contributed by atoms with E-state index < -0.39 is 11.7 Å². The van der Waals surface area contributed by atoms with Gasteiger partial charge in [0.2, 0.25) is 5.89 Å². The molecule has 0 radical (unpaired) electrons. The van der Waals surface area contributed by atoms with Gasteiger partial charge in [0.25, 0.3) is 0 Å². The Morgan fingerprint density at radius 1 is 1.17 bits per heavy atom. The molecule has 0 atom stereocenters. The second kappa shape index (κ2) is 6.80. The summed E-state index contributed by atoms with van der Waals surface area (Å²) in [6.45, 7) is 5.33. The largest absolute Gasteiger partial charge is 0.416 e. The molecule has 1 aliphatic heterocycles. The number of piperazine rings is 1. The highest BCUT2D eigenvalue weighted by Crippen LogP contribution is 2.31. The van der Waals surface area contributed by atoms with E-state index in [2.05, 4.69) is 15.0 Å². The average Bonchev–Trinajstić information content (AvgIpc) is 3.02. The molecule has 2 heterocycles. The molecule has 3 rings (SSSR count). The van der Waals surface area contributed by atoms with Gasteiger partial charge in [0.1, 0.15) is 0 Å². The maximum absolute atomic E-state index is 12.8. The van der Waals surface area contributed by atoms with Crippen molar-refractivity contribution < 1.29 is 17.7 Å². The van der Waals surface area contributed by atoms with Gasteiger partial charge in [0.05, 0.1) is 12.1 Å². The molecular formula is C16H19F3N4O. The normalized spacial score (nSPS) is 16.6. The lowest BCUT2D eigenvalue weighted by atomic mass is 10.1. The monoisotopic (exact) mass is 340 g/mol. The molecule has 5 nitrogen and oxygen atoms in total. The number of benzene rings is 1. The van der Waals surface area contributed by atoms with Gasteiger partial charge in [-0.25, -0.2) is 0 Å². The number of aromatic nitrogens is 2. The Morgan fingerprint density at radius 3 is 2.54 bits per heavy atom. The Balaban J connectivity index is 1.59. The lowest BCUT2D eigenvalue weighted by molar-refractivity contribution is -0.137. The summed E-state index contributed by atoms with van der Waals surface area (Å²) in [6, 6.07) is 5.48. The zero-order valence-electron chi connectivity index (χ0n) is 13.4. The summed E-state index contributed by atoms with van der Waals surface area (Å²) in [5.74, 6) is 1.27. The quantitative estimate of drug-likeness (QED) is 0.856. The average molecular weight is 340 g/mol. The van der Waals surface area contributed by atoms with Crippen LogP contribution in [0, 0.1) is 0 Å². The minimum atomic E-state index is -4.31. The number of alkyl halides is 3. The van der Waals surface area contributed by atoms with Crippen molar-refractivity contribution >= 4 is 5.69 Å². The van der Waals surface area contributed by atoms with Crippen LogP contribution in [0.1, 0.15) is 24.2 Å². The molecule has 0 bridgehead atoms. The first kappa shape index (κ1) is 16.8. The zero-order chi connectivity index (χ0) is 17.2. The van der Waals surface area contributed by atoms with Crippen molar-refractivity contribution in [1.29, 1.82) is 0 Å². The molecule has 0 aliphatic carbocycles. The molecule has 24 heavy (non-hydrogen) atoms. The second-order valence-corrected chi connectivity index (χ2v) is 5.77. The number of rotatable bonds is 4. The van der Waals surface area contributed by atoms with Crippen LogP contribution in [-0.2, 0) is 19.1 Å². The first-order valence-corrected chi connectivity index (χ1v) is 7.91. The molecule has 0 amide bonds. The van der Waals surface area contributed by atoms with Gasteiger partial charge in [-0.15, -0.1) is 0 Å². The van der Waals surface area contributed by atoms with Gasteiger partial charge in [-0.2, -0.15) is 18.2 Å². The highest BCUT2D eigenvalue weighted by Gasteiger charge is 2.31. The molecule has 0 spiro atoms. The Kier molecular flexibility index (Phi) is 4.75. The fourth-order valence-corrected chi connectivity index (χ4v) is 2.73. The van der Waals surface area contributed by atoms with Crippen LogP contribution < -0.4 is 4.90 Å². The van der Waals surface area contributed by atoms with Crippen LogP contribution >= 0.6 is 0 Å². The molecule has 0 unspecified atom stereocenters. The Hall–Kier alpha value is -2.09. The molecule has 1 fully saturated rings. The lowest BCUT2D eigenvalue weighted by Crippen LogP contribution is -2.46. The van der Waals surface area contributed by atoms with E-state index in [1.54, 1.807) is 6.07 Å². The van der Waals surface area contributed by atoms with Crippen LogP contribution in [0.2, 0.25) is 0 Å². The summed E-state index contributed by atoms with van der Waals surface area (Å²) in [6.07, 6.45) is -3.58. The van der Waals surface area contributed by atoms with Gasteiger partial charge in [0.15, 0.2) is 5.82 Å². The van der Waals surface area contributed by atoms with Crippen molar-refractivity contribution in [3.05, 3.63) is 41.5 Å². The number of halogens is 3. The summed E-state index contributed by atoms with van der Waals surface area (Å²) in [4.78, 5) is 8.41. The van der Waals surface area contributed by atoms with E-state index in [1.165, 1.54) is 12.1 Å². The van der Waals surface area contributed by atoms with Crippen molar-refractivity contribution in [3.63, 3.8) is 0 Å². The van der Waals surface area contributed by atoms with E-state index in [-0.39, 0.29) is 0 Å². The number of anilines is 1. The Labute approximate surface area is 138 Å². The fraction of sp³-hybridized carbons (Fsp3) is 0.500.